The van der Waals surface area contributed by atoms with Crippen molar-refractivity contribution in [2.75, 3.05) is 6.61 Å². The van der Waals surface area contributed by atoms with Crippen LogP contribution in [0.25, 0.3) is 0 Å². The van der Waals surface area contributed by atoms with Crippen molar-refractivity contribution in [2.24, 2.45) is 5.92 Å². The van der Waals surface area contributed by atoms with E-state index in [1.54, 1.807) is 0 Å². The van der Waals surface area contributed by atoms with Crippen LogP contribution in [0.1, 0.15) is 32.6 Å². The Hall–Kier alpha value is -0.330. The van der Waals surface area contributed by atoms with Crippen LogP contribution in [0.3, 0.4) is 0 Å². The second-order valence-corrected chi connectivity index (χ2v) is 8.39. The van der Waals surface area contributed by atoms with E-state index in [0.29, 0.717) is 18.8 Å². The van der Waals surface area contributed by atoms with Crippen LogP contribution in [0.5, 0.6) is 0 Å². The van der Waals surface area contributed by atoms with Gasteiger partial charge >= 0.3 is 0 Å². The molecule has 1 aromatic carbocycles. The maximum absolute atomic E-state index is 12.5. The summed E-state index contributed by atoms with van der Waals surface area (Å²) in [6.07, 6.45) is 3.02. The Kier molecular flexibility index (Phi) is 5.21. The average molecular weight is 352 g/mol. The number of hydrogen-bond donors (Lipinski definition) is 2. The average Bonchev–Trinajstić information content (AvgIpc) is 2.40. The predicted octanol–water partition coefficient (Wildman–Crippen LogP) is 3.21. The zero-order valence-corrected chi connectivity index (χ0v) is 14.1. The van der Waals surface area contributed by atoms with Crippen molar-refractivity contribution in [1.29, 1.82) is 0 Å². The highest BCUT2D eigenvalue weighted by Crippen LogP contribution is 2.33. The Morgan fingerprint density at radius 3 is 2.24 bits per heavy atom. The third-order valence-corrected chi connectivity index (χ3v) is 6.03. The van der Waals surface area contributed by atoms with Gasteiger partial charge in [-0.2, -0.15) is 0 Å². The summed E-state index contributed by atoms with van der Waals surface area (Å²) >= 11 is 11.7. The lowest BCUT2D eigenvalue weighted by Gasteiger charge is -2.38. The molecule has 21 heavy (non-hydrogen) atoms. The minimum absolute atomic E-state index is 0.0199. The summed E-state index contributed by atoms with van der Waals surface area (Å²) in [5, 5.41) is 10.2. The predicted molar refractivity (Wildman–Crippen MR) is 84.2 cm³/mol. The summed E-state index contributed by atoms with van der Waals surface area (Å²) in [5.74, 6) is 0.551. The molecule has 2 N–H and O–H groups in total. The summed E-state index contributed by atoms with van der Waals surface area (Å²) in [6.45, 7) is 1.92. The van der Waals surface area contributed by atoms with Gasteiger partial charge in [0.15, 0.2) is 0 Å². The second-order valence-electron chi connectivity index (χ2n) is 5.83. The van der Waals surface area contributed by atoms with Gasteiger partial charge in [-0.1, -0.05) is 30.1 Å². The van der Waals surface area contributed by atoms with E-state index in [1.165, 1.54) is 18.2 Å². The molecule has 4 nitrogen and oxygen atoms in total. The van der Waals surface area contributed by atoms with Crippen molar-refractivity contribution in [1.82, 2.24) is 4.72 Å². The molecule has 7 heteroatoms. The molecular formula is C14H19Cl2NO3S. The van der Waals surface area contributed by atoms with Crippen LogP contribution in [-0.4, -0.2) is 25.7 Å². The van der Waals surface area contributed by atoms with Crippen molar-refractivity contribution >= 4 is 33.2 Å². The first-order valence-electron chi connectivity index (χ1n) is 6.87. The van der Waals surface area contributed by atoms with Crippen molar-refractivity contribution in [3.05, 3.63) is 28.2 Å². The molecule has 1 fully saturated rings. The molecule has 0 atom stereocenters. The van der Waals surface area contributed by atoms with E-state index in [1.807, 2.05) is 0 Å². The molecule has 2 rings (SSSR count). The highest BCUT2D eigenvalue weighted by molar-refractivity contribution is 7.89. The van der Waals surface area contributed by atoms with Crippen LogP contribution < -0.4 is 4.72 Å². The smallest absolute Gasteiger partial charge is 0.241 e. The minimum Gasteiger partial charge on any atom is -0.394 e. The Balaban J connectivity index is 2.27. The Labute approximate surface area is 135 Å². The third-order valence-electron chi connectivity index (χ3n) is 4.03. The van der Waals surface area contributed by atoms with Crippen LogP contribution >= 0.6 is 23.2 Å². The zero-order valence-electron chi connectivity index (χ0n) is 11.8. The number of aliphatic hydroxyl groups excluding tert-OH is 1. The molecule has 1 aromatic rings. The molecule has 1 aliphatic rings. The van der Waals surface area contributed by atoms with Gasteiger partial charge in [0.25, 0.3) is 0 Å². The summed E-state index contributed by atoms with van der Waals surface area (Å²) in [4.78, 5) is 0.0199. The molecular weight excluding hydrogens is 333 g/mol. The van der Waals surface area contributed by atoms with Gasteiger partial charge in [-0.3, -0.25) is 0 Å². The first-order chi connectivity index (χ1) is 9.76. The van der Waals surface area contributed by atoms with Crippen molar-refractivity contribution < 1.29 is 13.5 Å². The fraction of sp³-hybridized carbons (Fsp3) is 0.571. The maximum Gasteiger partial charge on any atom is 0.241 e. The number of aliphatic hydroxyl groups is 1. The van der Waals surface area contributed by atoms with Crippen LogP contribution in [0.4, 0.5) is 0 Å². The van der Waals surface area contributed by atoms with Crippen molar-refractivity contribution in [3.63, 3.8) is 0 Å². The quantitative estimate of drug-likeness (QED) is 0.874. The van der Waals surface area contributed by atoms with E-state index >= 15 is 0 Å². The number of sulfonamides is 1. The monoisotopic (exact) mass is 351 g/mol. The van der Waals surface area contributed by atoms with Gasteiger partial charge in [0.1, 0.15) is 0 Å². The van der Waals surface area contributed by atoms with Gasteiger partial charge < -0.3 is 5.11 Å². The zero-order chi connectivity index (χ0) is 15.7. The molecule has 118 valence electrons. The molecule has 0 heterocycles. The van der Waals surface area contributed by atoms with E-state index in [-0.39, 0.29) is 21.5 Å². The van der Waals surface area contributed by atoms with E-state index in [0.717, 1.165) is 12.8 Å². The van der Waals surface area contributed by atoms with Gasteiger partial charge in [0.05, 0.1) is 17.0 Å². The van der Waals surface area contributed by atoms with E-state index in [4.69, 9.17) is 23.2 Å². The lowest BCUT2D eigenvalue weighted by Crippen LogP contribution is -2.53. The SMILES string of the molecule is CC1CCC(CO)(NS(=O)(=O)c2cc(Cl)cc(Cl)c2)CC1. The Morgan fingerprint density at radius 2 is 1.76 bits per heavy atom. The number of halogens is 2. The largest absolute Gasteiger partial charge is 0.394 e. The van der Waals surface area contributed by atoms with E-state index in [2.05, 4.69) is 11.6 Å². The van der Waals surface area contributed by atoms with Crippen molar-refractivity contribution in [2.45, 2.75) is 43.0 Å². The first kappa shape index (κ1) is 17.0. The molecule has 0 spiro atoms. The number of hydrogen-bond acceptors (Lipinski definition) is 3. The number of rotatable bonds is 4. The Bertz CT molecular complexity index is 590. The second kappa shape index (κ2) is 6.42. The topological polar surface area (TPSA) is 66.4 Å². The van der Waals surface area contributed by atoms with Crippen LogP contribution in [-0.2, 0) is 10.0 Å². The van der Waals surface area contributed by atoms with E-state index in [9.17, 15) is 13.5 Å². The molecule has 0 bridgehead atoms. The summed E-state index contributed by atoms with van der Waals surface area (Å²) in [6, 6.07) is 4.19. The van der Waals surface area contributed by atoms with E-state index < -0.39 is 15.6 Å². The lowest BCUT2D eigenvalue weighted by molar-refractivity contribution is 0.125. The third kappa shape index (κ3) is 4.11. The maximum atomic E-state index is 12.5. The minimum atomic E-state index is -3.77. The molecule has 0 radical (unpaired) electrons. The summed E-state index contributed by atoms with van der Waals surface area (Å²) in [7, 11) is -3.77. The fourth-order valence-corrected chi connectivity index (χ4v) is 4.81. The van der Waals surface area contributed by atoms with Crippen LogP contribution in [0.2, 0.25) is 10.0 Å². The molecule has 0 saturated heterocycles. The lowest BCUT2D eigenvalue weighted by atomic mass is 9.78. The molecule has 0 amide bonds. The standard InChI is InChI=1S/C14H19Cl2NO3S/c1-10-2-4-14(9-18,5-3-10)17-21(19,20)13-7-11(15)6-12(16)8-13/h6-8,10,17-18H,2-5,9H2,1H3. The van der Waals surface area contributed by atoms with Gasteiger partial charge in [-0.15, -0.1) is 0 Å². The normalized spacial score (nSPS) is 26.8. The van der Waals surface area contributed by atoms with Crippen LogP contribution in [0.15, 0.2) is 23.1 Å². The highest BCUT2D eigenvalue weighted by Gasteiger charge is 2.37. The summed E-state index contributed by atoms with van der Waals surface area (Å²) < 4.78 is 27.7. The molecule has 1 aliphatic carbocycles. The van der Waals surface area contributed by atoms with Gasteiger partial charge in [0.2, 0.25) is 10.0 Å². The fourth-order valence-electron chi connectivity index (χ4n) is 2.63. The van der Waals surface area contributed by atoms with Crippen LogP contribution in [0, 0.1) is 5.92 Å². The van der Waals surface area contributed by atoms with Gasteiger partial charge in [-0.05, 0) is 49.8 Å². The van der Waals surface area contributed by atoms with Gasteiger partial charge in [-0.25, -0.2) is 13.1 Å². The molecule has 0 unspecified atom stereocenters. The highest BCUT2D eigenvalue weighted by atomic mass is 35.5. The molecule has 0 aliphatic heterocycles. The molecule has 0 aromatic heterocycles. The number of nitrogens with one attached hydrogen (secondary N) is 1. The van der Waals surface area contributed by atoms with Crippen molar-refractivity contribution in [3.8, 4) is 0 Å². The molecule has 1 saturated carbocycles. The van der Waals surface area contributed by atoms with Gasteiger partial charge in [0, 0.05) is 10.0 Å². The number of benzene rings is 1. The Morgan fingerprint density at radius 1 is 1.24 bits per heavy atom. The summed E-state index contributed by atoms with van der Waals surface area (Å²) in [5.41, 5.74) is -0.792. The first-order valence-corrected chi connectivity index (χ1v) is 9.11.